The molecule has 1 fully saturated rings. The van der Waals surface area contributed by atoms with Crippen LogP contribution >= 0.6 is 0 Å². The van der Waals surface area contributed by atoms with Gasteiger partial charge in [0.1, 0.15) is 5.75 Å². The van der Waals surface area contributed by atoms with Crippen molar-refractivity contribution >= 4 is 17.9 Å². The molecule has 0 aromatic heterocycles. The highest BCUT2D eigenvalue weighted by atomic mass is 16.5. The van der Waals surface area contributed by atoms with Gasteiger partial charge in [-0.15, -0.1) is 0 Å². The number of nitrogen functional groups attached to an aromatic ring is 1. The predicted octanol–water partition coefficient (Wildman–Crippen LogP) is 0.234. The molecule has 20 heavy (non-hydrogen) atoms. The van der Waals surface area contributed by atoms with Gasteiger partial charge in [0.2, 0.25) is 6.41 Å². The van der Waals surface area contributed by atoms with E-state index in [2.05, 4.69) is 0 Å². The van der Waals surface area contributed by atoms with Gasteiger partial charge in [-0.3, -0.25) is 14.5 Å². The zero-order valence-electron chi connectivity index (χ0n) is 11.5. The predicted molar refractivity (Wildman–Crippen MR) is 75.8 cm³/mol. The summed E-state index contributed by atoms with van der Waals surface area (Å²) in [6, 6.07) is 5.06. The standard InChI is InChI=1S/C14H19N3O3/c1-20-14-3-2-11(8-12(14)15)13(19)9-16-4-6-17(10-18)7-5-16/h2-3,8,10H,4-7,9,15H2,1H3. The summed E-state index contributed by atoms with van der Waals surface area (Å²) in [7, 11) is 1.54. The van der Waals surface area contributed by atoms with Crippen molar-refractivity contribution in [1.82, 2.24) is 9.80 Å². The highest BCUT2D eigenvalue weighted by Gasteiger charge is 2.18. The van der Waals surface area contributed by atoms with Crippen LogP contribution in [0.4, 0.5) is 5.69 Å². The number of ketones is 1. The maximum atomic E-state index is 12.2. The number of hydrogen-bond donors (Lipinski definition) is 1. The molecule has 1 aromatic carbocycles. The molecule has 0 radical (unpaired) electrons. The van der Waals surface area contributed by atoms with E-state index in [1.54, 1.807) is 30.2 Å². The average molecular weight is 277 g/mol. The van der Waals surface area contributed by atoms with Gasteiger partial charge in [-0.2, -0.15) is 0 Å². The first kappa shape index (κ1) is 14.3. The van der Waals surface area contributed by atoms with E-state index < -0.39 is 0 Å². The normalized spacial score (nSPS) is 15.9. The van der Waals surface area contributed by atoms with Gasteiger partial charge in [0, 0.05) is 31.7 Å². The highest BCUT2D eigenvalue weighted by molar-refractivity contribution is 5.98. The summed E-state index contributed by atoms with van der Waals surface area (Å²) in [5.74, 6) is 0.597. The first-order valence-electron chi connectivity index (χ1n) is 6.52. The summed E-state index contributed by atoms with van der Waals surface area (Å²) < 4.78 is 5.07. The van der Waals surface area contributed by atoms with Crippen LogP contribution in [0.15, 0.2) is 18.2 Å². The third kappa shape index (κ3) is 3.27. The van der Waals surface area contributed by atoms with Gasteiger partial charge in [0.25, 0.3) is 0 Å². The van der Waals surface area contributed by atoms with Crippen LogP contribution in [-0.4, -0.2) is 61.8 Å². The fourth-order valence-corrected chi connectivity index (χ4v) is 2.23. The summed E-state index contributed by atoms with van der Waals surface area (Å²) in [6.07, 6.45) is 0.851. The lowest BCUT2D eigenvalue weighted by Crippen LogP contribution is -2.47. The van der Waals surface area contributed by atoms with Crippen LogP contribution in [0.2, 0.25) is 0 Å². The topological polar surface area (TPSA) is 75.9 Å². The van der Waals surface area contributed by atoms with Crippen LogP contribution in [0.5, 0.6) is 5.75 Å². The van der Waals surface area contributed by atoms with Crippen LogP contribution in [-0.2, 0) is 4.79 Å². The minimum atomic E-state index is 0.0268. The first-order chi connectivity index (χ1) is 9.63. The Hall–Kier alpha value is -2.08. The molecule has 0 aliphatic carbocycles. The number of Topliss-reactive ketones (excluding diaryl/α,β-unsaturated/α-hetero) is 1. The molecule has 1 heterocycles. The molecule has 1 aliphatic heterocycles. The number of carbonyl (C=O) groups is 2. The molecule has 108 valence electrons. The van der Waals surface area contributed by atoms with Crippen molar-refractivity contribution in [2.75, 3.05) is 45.6 Å². The molecule has 6 heteroatoms. The van der Waals surface area contributed by atoms with Crippen LogP contribution in [0.3, 0.4) is 0 Å². The molecule has 1 amide bonds. The Bertz CT molecular complexity index is 496. The molecule has 0 atom stereocenters. The Kier molecular flexibility index (Phi) is 4.57. The summed E-state index contributed by atoms with van der Waals surface area (Å²) >= 11 is 0. The minimum absolute atomic E-state index is 0.0268. The van der Waals surface area contributed by atoms with Gasteiger partial charge in [-0.1, -0.05) is 0 Å². The van der Waals surface area contributed by atoms with Crippen LogP contribution in [0, 0.1) is 0 Å². The summed E-state index contributed by atoms with van der Waals surface area (Å²) in [5.41, 5.74) is 6.85. The minimum Gasteiger partial charge on any atom is -0.495 e. The van der Waals surface area contributed by atoms with Crippen LogP contribution in [0.25, 0.3) is 0 Å². The van der Waals surface area contributed by atoms with Gasteiger partial charge in [-0.25, -0.2) is 0 Å². The number of nitrogens with zero attached hydrogens (tertiary/aromatic N) is 2. The molecular formula is C14H19N3O3. The monoisotopic (exact) mass is 277 g/mol. The van der Waals surface area contributed by atoms with Crippen molar-refractivity contribution in [2.24, 2.45) is 0 Å². The van der Waals surface area contributed by atoms with Crippen molar-refractivity contribution in [3.8, 4) is 5.75 Å². The molecule has 1 aliphatic rings. The molecule has 1 aromatic rings. The summed E-state index contributed by atoms with van der Waals surface area (Å²) in [6.45, 7) is 3.12. The second-order valence-electron chi connectivity index (χ2n) is 4.80. The zero-order valence-corrected chi connectivity index (χ0v) is 11.5. The number of hydrogen-bond acceptors (Lipinski definition) is 5. The lowest BCUT2D eigenvalue weighted by molar-refractivity contribution is -0.119. The fourth-order valence-electron chi connectivity index (χ4n) is 2.23. The molecule has 2 N–H and O–H groups in total. The Morgan fingerprint density at radius 2 is 2.05 bits per heavy atom. The van der Waals surface area contributed by atoms with Gasteiger partial charge in [0.15, 0.2) is 5.78 Å². The number of benzene rings is 1. The summed E-state index contributed by atoms with van der Waals surface area (Å²) in [4.78, 5) is 26.6. The Balaban J connectivity index is 1.95. The van der Waals surface area contributed by atoms with E-state index >= 15 is 0 Å². The van der Waals surface area contributed by atoms with E-state index in [4.69, 9.17) is 10.5 Å². The Labute approximate surface area is 118 Å². The number of ether oxygens (including phenoxy) is 1. The first-order valence-corrected chi connectivity index (χ1v) is 6.52. The molecule has 0 saturated carbocycles. The zero-order chi connectivity index (χ0) is 14.5. The van der Waals surface area contributed by atoms with Gasteiger partial charge >= 0.3 is 0 Å². The van der Waals surface area contributed by atoms with E-state index in [9.17, 15) is 9.59 Å². The van der Waals surface area contributed by atoms with E-state index in [0.29, 0.717) is 36.6 Å². The molecule has 0 spiro atoms. The Morgan fingerprint density at radius 1 is 1.35 bits per heavy atom. The van der Waals surface area contributed by atoms with Crippen LogP contribution < -0.4 is 10.5 Å². The van der Waals surface area contributed by atoms with Crippen molar-refractivity contribution in [1.29, 1.82) is 0 Å². The highest BCUT2D eigenvalue weighted by Crippen LogP contribution is 2.22. The van der Waals surface area contributed by atoms with E-state index in [0.717, 1.165) is 19.5 Å². The number of methoxy groups -OCH3 is 1. The average Bonchev–Trinajstić information content (AvgIpc) is 2.48. The molecule has 2 rings (SSSR count). The lowest BCUT2D eigenvalue weighted by Gasteiger charge is -2.31. The van der Waals surface area contributed by atoms with Crippen molar-refractivity contribution in [3.05, 3.63) is 23.8 Å². The molecule has 0 bridgehead atoms. The number of rotatable bonds is 5. The number of carbonyl (C=O) groups excluding carboxylic acids is 2. The molecular weight excluding hydrogens is 258 g/mol. The molecule has 0 unspecified atom stereocenters. The Morgan fingerprint density at radius 3 is 2.60 bits per heavy atom. The number of amides is 1. The lowest BCUT2D eigenvalue weighted by atomic mass is 10.1. The number of piperazine rings is 1. The largest absolute Gasteiger partial charge is 0.495 e. The van der Waals surface area contributed by atoms with Crippen molar-refractivity contribution in [2.45, 2.75) is 0 Å². The van der Waals surface area contributed by atoms with E-state index in [1.807, 2.05) is 4.90 Å². The third-order valence-corrected chi connectivity index (χ3v) is 3.47. The fraction of sp³-hybridized carbons (Fsp3) is 0.429. The third-order valence-electron chi connectivity index (χ3n) is 3.47. The SMILES string of the molecule is COc1ccc(C(=O)CN2CCN(C=O)CC2)cc1N. The number of nitrogens with two attached hydrogens (primary N) is 1. The van der Waals surface area contributed by atoms with E-state index in [1.165, 1.54) is 0 Å². The van der Waals surface area contributed by atoms with E-state index in [-0.39, 0.29) is 5.78 Å². The second kappa shape index (κ2) is 6.38. The van der Waals surface area contributed by atoms with Crippen molar-refractivity contribution in [3.63, 3.8) is 0 Å². The number of anilines is 1. The maximum Gasteiger partial charge on any atom is 0.209 e. The van der Waals surface area contributed by atoms with Gasteiger partial charge < -0.3 is 15.4 Å². The van der Waals surface area contributed by atoms with Crippen molar-refractivity contribution < 1.29 is 14.3 Å². The maximum absolute atomic E-state index is 12.2. The molecule has 6 nitrogen and oxygen atoms in total. The van der Waals surface area contributed by atoms with Gasteiger partial charge in [-0.05, 0) is 18.2 Å². The summed E-state index contributed by atoms with van der Waals surface area (Å²) in [5, 5.41) is 0. The van der Waals surface area contributed by atoms with Crippen LogP contribution in [0.1, 0.15) is 10.4 Å². The second-order valence-corrected chi connectivity index (χ2v) is 4.80. The van der Waals surface area contributed by atoms with Gasteiger partial charge in [0.05, 0.1) is 19.3 Å². The quantitative estimate of drug-likeness (QED) is 0.474. The smallest absolute Gasteiger partial charge is 0.209 e. The molecule has 1 saturated heterocycles.